The first-order valence-corrected chi connectivity index (χ1v) is 11.5. The number of aliphatic hydroxyl groups is 1. The van der Waals surface area contributed by atoms with E-state index in [0.29, 0.717) is 5.57 Å². The summed E-state index contributed by atoms with van der Waals surface area (Å²) in [4.78, 5) is 14.6. The molecule has 2 saturated heterocycles. The van der Waals surface area contributed by atoms with Gasteiger partial charge in [0.15, 0.2) is 5.78 Å². The van der Waals surface area contributed by atoms with Gasteiger partial charge in [-0.25, -0.2) is 0 Å². The molecule has 5 atom stereocenters. The zero-order valence-corrected chi connectivity index (χ0v) is 18.0. The maximum Gasteiger partial charge on any atom is 0.173 e. The molecular weight excluding hydrogens is 380 g/mol. The number of fused-ring (bicyclic) bond motifs is 5. The Labute approximate surface area is 176 Å². The second-order valence-electron chi connectivity index (χ2n) is 8.70. The summed E-state index contributed by atoms with van der Waals surface area (Å²) < 4.78 is 6.25. The molecule has 0 spiro atoms. The molecule has 0 amide bonds. The lowest BCUT2D eigenvalue weighted by atomic mass is 9.72. The van der Waals surface area contributed by atoms with E-state index in [4.69, 9.17) is 4.74 Å². The first-order chi connectivity index (χ1) is 13.9. The van der Waals surface area contributed by atoms with Crippen LogP contribution in [0.5, 0.6) is 0 Å². The zero-order chi connectivity index (χ0) is 20.4. The fourth-order valence-corrected chi connectivity index (χ4v) is 6.27. The molecule has 4 heteroatoms. The van der Waals surface area contributed by atoms with Crippen molar-refractivity contribution >= 4 is 23.1 Å². The van der Waals surface area contributed by atoms with Crippen molar-refractivity contribution in [1.29, 1.82) is 0 Å². The molecule has 0 saturated carbocycles. The standard InChI is InChI=1S/C25H26O3S/c1-12-9-13(2)19(14(3)10-12)21-23(26)20-18-11-17(25(28-18)22(20)24(21)27)15-5-7-16(29-4)8-6-15/h5-10,17-18,20,22,25,27H,11H2,1-4H3/t17-,18?,20+,22-,25?/m1/s1. The third-order valence-corrected chi connectivity index (χ3v) is 7.69. The fourth-order valence-electron chi connectivity index (χ4n) is 5.86. The Morgan fingerprint density at radius 2 is 1.69 bits per heavy atom. The minimum absolute atomic E-state index is 0.0613. The minimum Gasteiger partial charge on any atom is -0.511 e. The quantitative estimate of drug-likeness (QED) is 0.696. The first-order valence-electron chi connectivity index (χ1n) is 10.3. The van der Waals surface area contributed by atoms with Crippen LogP contribution in [-0.2, 0) is 9.53 Å². The number of ketones is 1. The second-order valence-corrected chi connectivity index (χ2v) is 9.58. The maximum atomic E-state index is 13.4. The molecule has 0 aromatic heterocycles. The van der Waals surface area contributed by atoms with Gasteiger partial charge in [-0.15, -0.1) is 11.8 Å². The number of aryl methyl sites for hydroxylation is 3. The SMILES string of the molecule is CSc1ccc([C@H]2CC3OC2[C@H]2C(O)=C(c4c(C)cc(C)cc4C)C(=O)[C@@H]32)cc1. The smallest absolute Gasteiger partial charge is 0.173 e. The average molecular weight is 407 g/mol. The van der Waals surface area contributed by atoms with Gasteiger partial charge in [-0.2, -0.15) is 0 Å². The maximum absolute atomic E-state index is 13.4. The van der Waals surface area contributed by atoms with Gasteiger partial charge >= 0.3 is 0 Å². The van der Waals surface area contributed by atoms with Crippen LogP contribution in [0.4, 0.5) is 0 Å². The number of aliphatic hydroxyl groups excluding tert-OH is 1. The molecule has 2 heterocycles. The average Bonchev–Trinajstić information content (AvgIpc) is 3.34. The number of hydrogen-bond donors (Lipinski definition) is 1. The highest BCUT2D eigenvalue weighted by atomic mass is 32.2. The van der Waals surface area contributed by atoms with E-state index in [1.807, 2.05) is 13.8 Å². The molecule has 1 aliphatic carbocycles. The number of hydrogen-bond acceptors (Lipinski definition) is 4. The molecule has 2 unspecified atom stereocenters. The van der Waals surface area contributed by atoms with Crippen molar-refractivity contribution in [2.75, 3.05) is 6.26 Å². The van der Waals surface area contributed by atoms with Crippen LogP contribution in [0.3, 0.4) is 0 Å². The van der Waals surface area contributed by atoms with Crippen molar-refractivity contribution in [2.24, 2.45) is 11.8 Å². The Hall–Kier alpha value is -2.04. The Morgan fingerprint density at radius 1 is 1.03 bits per heavy atom. The molecular formula is C25H26O3S. The van der Waals surface area contributed by atoms with Crippen LogP contribution in [0.2, 0.25) is 0 Å². The first kappa shape index (κ1) is 19.0. The summed E-state index contributed by atoms with van der Waals surface area (Å²) in [5, 5.41) is 11.2. The van der Waals surface area contributed by atoms with Crippen molar-refractivity contribution in [2.45, 2.75) is 50.2 Å². The highest BCUT2D eigenvalue weighted by molar-refractivity contribution is 7.98. The van der Waals surface area contributed by atoms with Crippen molar-refractivity contribution in [3.8, 4) is 0 Å². The van der Waals surface area contributed by atoms with Crippen LogP contribution in [0.15, 0.2) is 47.1 Å². The van der Waals surface area contributed by atoms with Gasteiger partial charge < -0.3 is 9.84 Å². The summed E-state index contributed by atoms with van der Waals surface area (Å²) in [6.07, 6.45) is 2.69. The molecule has 5 rings (SSSR count). The van der Waals surface area contributed by atoms with Gasteiger partial charge in [-0.1, -0.05) is 29.8 Å². The van der Waals surface area contributed by atoms with E-state index in [2.05, 4.69) is 49.6 Å². The van der Waals surface area contributed by atoms with E-state index in [1.165, 1.54) is 16.0 Å². The molecule has 2 aromatic rings. The number of thioether (sulfide) groups is 1. The summed E-state index contributed by atoms with van der Waals surface area (Å²) >= 11 is 1.73. The highest BCUT2D eigenvalue weighted by Crippen LogP contribution is 2.58. The normalized spacial score (nSPS) is 30.3. The van der Waals surface area contributed by atoms with E-state index in [-0.39, 0.29) is 41.5 Å². The molecule has 29 heavy (non-hydrogen) atoms. The molecule has 3 nitrogen and oxygen atoms in total. The van der Waals surface area contributed by atoms with Gasteiger partial charge in [-0.3, -0.25) is 4.79 Å². The molecule has 1 N–H and O–H groups in total. The number of Topliss-reactive ketones (excluding diaryl/α,β-unsaturated/α-hetero) is 1. The van der Waals surface area contributed by atoms with Crippen LogP contribution in [-0.4, -0.2) is 29.4 Å². The Balaban J connectivity index is 1.54. The van der Waals surface area contributed by atoms with Crippen molar-refractivity contribution in [3.05, 3.63) is 70.0 Å². The molecule has 2 aromatic carbocycles. The Bertz CT molecular complexity index is 1010. The van der Waals surface area contributed by atoms with E-state index >= 15 is 0 Å². The molecule has 2 aliphatic heterocycles. The van der Waals surface area contributed by atoms with Crippen LogP contribution in [0, 0.1) is 32.6 Å². The Kier molecular flexibility index (Phi) is 4.41. The van der Waals surface area contributed by atoms with Gasteiger partial charge in [0.05, 0.1) is 29.6 Å². The lowest BCUT2D eigenvalue weighted by molar-refractivity contribution is -0.118. The number of rotatable bonds is 3. The number of allylic oxidation sites excluding steroid dienone is 1. The molecule has 0 radical (unpaired) electrons. The summed E-state index contributed by atoms with van der Waals surface area (Å²) in [5.74, 6) is 0.0734. The van der Waals surface area contributed by atoms with Gasteiger partial charge in [-0.05, 0) is 67.8 Å². The third kappa shape index (κ3) is 2.72. The topological polar surface area (TPSA) is 46.5 Å². The number of ether oxygens (including phenoxy) is 1. The largest absolute Gasteiger partial charge is 0.511 e. The van der Waals surface area contributed by atoms with E-state index in [0.717, 1.165) is 23.1 Å². The van der Waals surface area contributed by atoms with Crippen molar-refractivity contribution in [3.63, 3.8) is 0 Å². The van der Waals surface area contributed by atoms with Crippen LogP contribution < -0.4 is 0 Å². The number of benzene rings is 2. The molecule has 2 bridgehead atoms. The third-order valence-electron chi connectivity index (χ3n) is 6.95. The summed E-state index contributed by atoms with van der Waals surface area (Å²) in [5.41, 5.74) is 5.96. The minimum atomic E-state index is -0.239. The summed E-state index contributed by atoms with van der Waals surface area (Å²) in [6, 6.07) is 12.8. The zero-order valence-electron chi connectivity index (χ0n) is 17.2. The molecule has 150 valence electrons. The predicted octanol–water partition coefficient (Wildman–Crippen LogP) is 5.37. The summed E-state index contributed by atoms with van der Waals surface area (Å²) in [7, 11) is 0. The summed E-state index contributed by atoms with van der Waals surface area (Å²) in [6.45, 7) is 6.11. The fraction of sp³-hybridized carbons (Fsp3) is 0.400. The molecule has 3 aliphatic rings. The lowest BCUT2D eigenvalue weighted by Crippen LogP contribution is -2.33. The van der Waals surface area contributed by atoms with Gasteiger partial charge in [0.25, 0.3) is 0 Å². The van der Waals surface area contributed by atoms with E-state index < -0.39 is 0 Å². The van der Waals surface area contributed by atoms with Crippen LogP contribution in [0.1, 0.15) is 40.2 Å². The second kappa shape index (κ2) is 6.75. The predicted molar refractivity (Wildman–Crippen MR) is 116 cm³/mol. The van der Waals surface area contributed by atoms with Crippen LogP contribution >= 0.6 is 11.8 Å². The monoisotopic (exact) mass is 406 g/mol. The van der Waals surface area contributed by atoms with Gasteiger partial charge in [0.2, 0.25) is 0 Å². The van der Waals surface area contributed by atoms with Gasteiger partial charge in [0.1, 0.15) is 5.76 Å². The lowest BCUT2D eigenvalue weighted by Gasteiger charge is -2.27. The number of carbonyl (C=O) groups excluding carboxylic acids is 1. The van der Waals surface area contributed by atoms with Gasteiger partial charge in [0, 0.05) is 10.8 Å². The number of carbonyl (C=O) groups is 1. The van der Waals surface area contributed by atoms with E-state index in [9.17, 15) is 9.90 Å². The van der Waals surface area contributed by atoms with Crippen LogP contribution in [0.25, 0.3) is 5.57 Å². The van der Waals surface area contributed by atoms with E-state index in [1.54, 1.807) is 11.8 Å². The highest BCUT2D eigenvalue weighted by Gasteiger charge is 2.62. The van der Waals surface area contributed by atoms with Crippen molar-refractivity contribution < 1.29 is 14.6 Å². The Morgan fingerprint density at radius 3 is 2.31 bits per heavy atom. The molecule has 2 fully saturated rings. The van der Waals surface area contributed by atoms with Crippen molar-refractivity contribution in [1.82, 2.24) is 0 Å².